The number of para-hydroxylation sites is 1. The Labute approximate surface area is 152 Å². The number of ether oxygens (including phenoxy) is 1. The predicted molar refractivity (Wildman–Crippen MR) is 95.2 cm³/mol. The summed E-state index contributed by atoms with van der Waals surface area (Å²) in [7, 11) is 0. The van der Waals surface area contributed by atoms with Crippen LogP contribution >= 0.6 is 0 Å². The number of hydrogen-bond acceptors (Lipinski definition) is 4. The Morgan fingerprint density at radius 1 is 1.19 bits per heavy atom. The monoisotopic (exact) mass is 357 g/mol. The van der Waals surface area contributed by atoms with E-state index in [9.17, 15) is 14.7 Å². The van der Waals surface area contributed by atoms with Crippen LogP contribution in [-0.4, -0.2) is 41.6 Å². The number of rotatable bonds is 6. The average molecular weight is 357 g/mol. The van der Waals surface area contributed by atoms with Gasteiger partial charge >= 0.3 is 5.97 Å². The van der Waals surface area contributed by atoms with Crippen LogP contribution in [0, 0.1) is 12.3 Å². The van der Waals surface area contributed by atoms with Crippen molar-refractivity contribution in [1.29, 1.82) is 0 Å². The molecule has 1 amide bonds. The molecule has 0 unspecified atom stereocenters. The van der Waals surface area contributed by atoms with Crippen molar-refractivity contribution >= 4 is 11.9 Å². The van der Waals surface area contributed by atoms with Crippen LogP contribution in [-0.2, 0) is 4.79 Å². The van der Waals surface area contributed by atoms with Gasteiger partial charge in [-0.1, -0.05) is 18.2 Å². The number of aryl methyl sites for hydroxylation is 1. The second-order valence-electron chi connectivity index (χ2n) is 6.72. The number of hydrogen-bond donors (Lipinski definition) is 1. The quantitative estimate of drug-likeness (QED) is 0.857. The van der Waals surface area contributed by atoms with Crippen molar-refractivity contribution in [2.24, 2.45) is 5.41 Å². The molecular weight excluding hydrogens is 334 g/mol. The third-order valence-corrected chi connectivity index (χ3v) is 5.11. The minimum atomic E-state index is -0.857. The summed E-state index contributed by atoms with van der Waals surface area (Å²) in [6, 6.07) is 11.1. The fourth-order valence-corrected chi connectivity index (χ4v) is 3.33. The lowest BCUT2D eigenvalue weighted by Gasteiger charge is -2.38. The first kappa shape index (κ1) is 18.0. The van der Waals surface area contributed by atoms with E-state index in [-0.39, 0.29) is 5.91 Å². The molecule has 1 aromatic heterocycles. The maximum Gasteiger partial charge on any atom is 0.309 e. The van der Waals surface area contributed by atoms with E-state index in [1.807, 2.05) is 37.3 Å². The van der Waals surface area contributed by atoms with Crippen molar-refractivity contribution in [2.45, 2.75) is 26.2 Å². The van der Waals surface area contributed by atoms with E-state index in [1.165, 1.54) is 6.26 Å². The normalized spacial score (nSPS) is 16.3. The minimum Gasteiger partial charge on any atom is -0.494 e. The van der Waals surface area contributed by atoms with E-state index in [0.29, 0.717) is 44.7 Å². The van der Waals surface area contributed by atoms with Crippen molar-refractivity contribution in [3.63, 3.8) is 0 Å². The Balaban J connectivity index is 1.59. The van der Waals surface area contributed by atoms with Crippen LogP contribution in [0.3, 0.4) is 0 Å². The van der Waals surface area contributed by atoms with Gasteiger partial charge in [0.1, 0.15) is 5.75 Å². The van der Waals surface area contributed by atoms with E-state index < -0.39 is 11.4 Å². The summed E-state index contributed by atoms with van der Waals surface area (Å²) in [5.74, 6) is 0.0663. The van der Waals surface area contributed by atoms with Gasteiger partial charge in [-0.05, 0) is 44.4 Å². The Hall–Kier alpha value is -2.76. The number of amides is 1. The third-order valence-electron chi connectivity index (χ3n) is 5.11. The molecule has 26 heavy (non-hydrogen) atoms. The zero-order valence-corrected chi connectivity index (χ0v) is 14.8. The molecule has 0 radical (unpaired) electrons. The number of benzene rings is 1. The zero-order valence-electron chi connectivity index (χ0n) is 14.8. The van der Waals surface area contributed by atoms with Gasteiger partial charge in [0, 0.05) is 18.7 Å². The molecule has 0 aliphatic carbocycles. The molecule has 0 saturated carbocycles. The lowest BCUT2D eigenvalue weighted by atomic mass is 9.76. The zero-order chi connectivity index (χ0) is 18.6. The van der Waals surface area contributed by atoms with Gasteiger partial charge in [0.05, 0.1) is 18.3 Å². The number of aliphatic carboxylic acids is 1. The van der Waals surface area contributed by atoms with Crippen LogP contribution in [0.2, 0.25) is 0 Å². The van der Waals surface area contributed by atoms with Crippen molar-refractivity contribution in [3.8, 4) is 5.75 Å². The maximum absolute atomic E-state index is 12.5. The van der Waals surface area contributed by atoms with Gasteiger partial charge in [0.2, 0.25) is 0 Å². The summed E-state index contributed by atoms with van der Waals surface area (Å²) in [6.45, 7) is 2.96. The number of carboxylic acid groups (broad SMARTS) is 1. The molecule has 1 N–H and O–H groups in total. The van der Waals surface area contributed by atoms with Crippen LogP contribution in [0.4, 0.5) is 0 Å². The first-order chi connectivity index (χ1) is 12.5. The Morgan fingerprint density at radius 2 is 1.88 bits per heavy atom. The second kappa shape index (κ2) is 7.64. The number of carbonyl (C=O) groups excluding carboxylic acids is 1. The molecule has 6 heteroatoms. The van der Waals surface area contributed by atoms with Crippen LogP contribution in [0.15, 0.2) is 47.1 Å². The molecule has 1 aliphatic rings. The second-order valence-corrected chi connectivity index (χ2v) is 6.72. The lowest BCUT2D eigenvalue weighted by molar-refractivity contribution is -0.152. The van der Waals surface area contributed by atoms with E-state index in [2.05, 4.69) is 0 Å². The number of carbonyl (C=O) groups is 2. The Morgan fingerprint density at radius 3 is 2.46 bits per heavy atom. The number of furan rings is 1. The van der Waals surface area contributed by atoms with Gasteiger partial charge < -0.3 is 19.2 Å². The first-order valence-corrected chi connectivity index (χ1v) is 8.76. The van der Waals surface area contributed by atoms with Crippen LogP contribution in [0.5, 0.6) is 5.75 Å². The number of likely N-dealkylation sites (tertiary alicyclic amines) is 1. The van der Waals surface area contributed by atoms with Crippen LogP contribution in [0.1, 0.15) is 35.4 Å². The molecule has 3 rings (SSSR count). The summed E-state index contributed by atoms with van der Waals surface area (Å²) in [5, 5.41) is 9.76. The topological polar surface area (TPSA) is 80.0 Å². The summed E-state index contributed by atoms with van der Waals surface area (Å²) >= 11 is 0. The highest BCUT2D eigenvalue weighted by atomic mass is 16.5. The van der Waals surface area contributed by atoms with E-state index in [4.69, 9.17) is 9.15 Å². The summed E-state index contributed by atoms with van der Waals surface area (Å²) < 4.78 is 10.9. The Bertz CT molecular complexity index is 760. The highest BCUT2D eigenvalue weighted by Crippen LogP contribution is 2.36. The van der Waals surface area contributed by atoms with Gasteiger partial charge in [0.15, 0.2) is 5.76 Å². The van der Waals surface area contributed by atoms with E-state index in [0.717, 1.165) is 11.3 Å². The first-order valence-electron chi connectivity index (χ1n) is 8.76. The largest absolute Gasteiger partial charge is 0.494 e. The molecule has 138 valence electrons. The average Bonchev–Trinajstić information content (AvgIpc) is 3.08. The molecule has 6 nitrogen and oxygen atoms in total. The van der Waals surface area contributed by atoms with Gasteiger partial charge in [-0.25, -0.2) is 0 Å². The maximum atomic E-state index is 12.5. The summed E-state index contributed by atoms with van der Waals surface area (Å²) in [5.41, 5.74) is -0.0645. The van der Waals surface area contributed by atoms with E-state index >= 15 is 0 Å². The molecule has 0 spiro atoms. The van der Waals surface area contributed by atoms with E-state index in [1.54, 1.807) is 11.0 Å². The summed E-state index contributed by atoms with van der Waals surface area (Å²) in [6.07, 6.45) is 2.73. The fourth-order valence-electron chi connectivity index (χ4n) is 3.33. The third kappa shape index (κ3) is 3.74. The molecule has 1 aliphatic heterocycles. The number of piperidine rings is 1. The molecule has 2 aromatic rings. The lowest BCUT2D eigenvalue weighted by Crippen LogP contribution is -2.47. The molecule has 1 saturated heterocycles. The molecular formula is C20H23NO5. The van der Waals surface area contributed by atoms with Crippen molar-refractivity contribution in [3.05, 3.63) is 54.0 Å². The SMILES string of the molecule is Cc1ccoc1C(=O)N1CCC(CCOc2ccccc2)(C(=O)O)CC1. The molecule has 0 bridgehead atoms. The molecule has 1 aromatic carbocycles. The van der Waals surface area contributed by atoms with Crippen LogP contribution in [0.25, 0.3) is 0 Å². The van der Waals surface area contributed by atoms with Gasteiger partial charge in [-0.2, -0.15) is 0 Å². The van der Waals surface area contributed by atoms with Crippen molar-refractivity contribution < 1.29 is 23.8 Å². The summed E-state index contributed by atoms with van der Waals surface area (Å²) in [4.78, 5) is 26.1. The van der Waals surface area contributed by atoms with Gasteiger partial charge in [-0.15, -0.1) is 0 Å². The molecule has 2 heterocycles. The molecule has 1 fully saturated rings. The highest BCUT2D eigenvalue weighted by molar-refractivity contribution is 5.93. The fraction of sp³-hybridized carbons (Fsp3) is 0.400. The van der Waals surface area contributed by atoms with Crippen molar-refractivity contribution in [1.82, 2.24) is 4.90 Å². The smallest absolute Gasteiger partial charge is 0.309 e. The van der Waals surface area contributed by atoms with Crippen LogP contribution < -0.4 is 4.74 Å². The van der Waals surface area contributed by atoms with Crippen molar-refractivity contribution in [2.75, 3.05) is 19.7 Å². The molecule has 0 atom stereocenters. The Kier molecular flexibility index (Phi) is 5.30. The van der Waals surface area contributed by atoms with Gasteiger partial charge in [0.25, 0.3) is 5.91 Å². The standard InChI is InChI=1S/C20H23NO5/c1-15-7-13-26-17(15)18(22)21-11-8-20(9-12-21,19(23)24)10-14-25-16-5-3-2-4-6-16/h2-7,13H,8-12,14H2,1H3,(H,23,24). The predicted octanol–water partition coefficient (Wildman–Crippen LogP) is 3.36. The number of carboxylic acids is 1. The number of nitrogens with zero attached hydrogens (tertiary/aromatic N) is 1. The van der Waals surface area contributed by atoms with Gasteiger partial charge in [-0.3, -0.25) is 9.59 Å². The highest BCUT2D eigenvalue weighted by Gasteiger charge is 2.42. The minimum absolute atomic E-state index is 0.174.